The van der Waals surface area contributed by atoms with Crippen LogP contribution in [0.25, 0.3) is 0 Å². The van der Waals surface area contributed by atoms with Gasteiger partial charge in [-0.05, 0) is 13.8 Å². The fourth-order valence-electron chi connectivity index (χ4n) is 1.78. The average Bonchev–Trinajstić information content (AvgIpc) is 2.40. The number of hydrogen-bond donors (Lipinski definition) is 1. The predicted octanol–water partition coefficient (Wildman–Crippen LogP) is 1.95. The SMILES string of the molecule is CCN(CC)C(=O)CCNc1cc(Cl)nc(COC)n1. The Kier molecular flexibility index (Phi) is 7.25. The molecule has 0 spiro atoms. The summed E-state index contributed by atoms with van der Waals surface area (Å²) in [5.41, 5.74) is 0. The maximum absolute atomic E-state index is 11.8. The summed E-state index contributed by atoms with van der Waals surface area (Å²) in [7, 11) is 1.57. The maximum Gasteiger partial charge on any atom is 0.224 e. The van der Waals surface area contributed by atoms with Crippen molar-refractivity contribution in [2.45, 2.75) is 26.9 Å². The van der Waals surface area contributed by atoms with Crippen molar-refractivity contribution in [3.8, 4) is 0 Å². The van der Waals surface area contributed by atoms with Crippen LogP contribution in [0.15, 0.2) is 6.07 Å². The Morgan fingerprint density at radius 3 is 2.70 bits per heavy atom. The molecule has 6 nitrogen and oxygen atoms in total. The number of carbonyl (C=O) groups excluding carboxylic acids is 1. The second-order valence-corrected chi connectivity index (χ2v) is 4.56. The Bertz CT molecular complexity index is 438. The number of nitrogens with zero attached hydrogens (tertiary/aromatic N) is 3. The van der Waals surface area contributed by atoms with Crippen LogP contribution >= 0.6 is 11.6 Å². The molecule has 0 saturated heterocycles. The number of ether oxygens (including phenoxy) is 1. The van der Waals surface area contributed by atoms with Gasteiger partial charge in [-0.15, -0.1) is 0 Å². The Morgan fingerprint density at radius 2 is 2.10 bits per heavy atom. The van der Waals surface area contributed by atoms with Crippen LogP contribution in [0, 0.1) is 0 Å². The Balaban J connectivity index is 2.51. The molecule has 0 aliphatic rings. The number of methoxy groups -OCH3 is 1. The molecule has 0 aliphatic heterocycles. The number of anilines is 1. The summed E-state index contributed by atoms with van der Waals surface area (Å²) in [6, 6.07) is 1.63. The van der Waals surface area contributed by atoms with Gasteiger partial charge in [0.1, 0.15) is 17.6 Å². The van der Waals surface area contributed by atoms with Crippen LogP contribution in [0.4, 0.5) is 5.82 Å². The molecule has 0 aromatic carbocycles. The first kappa shape index (κ1) is 16.7. The lowest BCUT2D eigenvalue weighted by atomic mass is 10.3. The fourth-order valence-corrected chi connectivity index (χ4v) is 1.98. The van der Waals surface area contributed by atoms with Crippen LogP contribution < -0.4 is 5.32 Å². The van der Waals surface area contributed by atoms with Gasteiger partial charge < -0.3 is 15.0 Å². The van der Waals surface area contributed by atoms with Gasteiger partial charge in [0.05, 0.1) is 0 Å². The molecule has 20 heavy (non-hydrogen) atoms. The first-order valence-corrected chi connectivity index (χ1v) is 7.02. The molecule has 1 amide bonds. The topological polar surface area (TPSA) is 67.4 Å². The molecule has 1 N–H and O–H groups in total. The molecule has 1 rings (SSSR count). The second-order valence-electron chi connectivity index (χ2n) is 4.17. The summed E-state index contributed by atoms with van der Waals surface area (Å²) in [4.78, 5) is 21.9. The van der Waals surface area contributed by atoms with Crippen LogP contribution in [-0.2, 0) is 16.1 Å². The van der Waals surface area contributed by atoms with Crippen LogP contribution in [0.1, 0.15) is 26.1 Å². The Morgan fingerprint density at radius 1 is 1.40 bits per heavy atom. The molecule has 0 bridgehead atoms. The van der Waals surface area contributed by atoms with Crippen LogP contribution in [0.2, 0.25) is 5.15 Å². The normalized spacial score (nSPS) is 10.4. The van der Waals surface area contributed by atoms with E-state index >= 15 is 0 Å². The summed E-state index contributed by atoms with van der Waals surface area (Å²) in [5.74, 6) is 1.24. The zero-order chi connectivity index (χ0) is 15.0. The van der Waals surface area contributed by atoms with Gasteiger partial charge in [-0.2, -0.15) is 0 Å². The van der Waals surface area contributed by atoms with Crippen molar-refractivity contribution in [1.82, 2.24) is 14.9 Å². The largest absolute Gasteiger partial charge is 0.377 e. The van der Waals surface area contributed by atoms with E-state index in [1.165, 1.54) is 0 Å². The number of nitrogens with one attached hydrogen (secondary N) is 1. The van der Waals surface area contributed by atoms with Gasteiger partial charge in [-0.1, -0.05) is 11.6 Å². The fraction of sp³-hybridized carbons (Fsp3) is 0.615. The predicted molar refractivity (Wildman–Crippen MR) is 78.8 cm³/mol. The van der Waals surface area contributed by atoms with Gasteiger partial charge in [0, 0.05) is 39.2 Å². The summed E-state index contributed by atoms with van der Waals surface area (Å²) >= 11 is 5.90. The molecule has 1 heterocycles. The standard InChI is InChI=1S/C13H21ClN4O2/c1-4-18(5-2)13(19)6-7-15-11-8-10(14)16-12(17-11)9-20-3/h8H,4-7,9H2,1-3H3,(H,15,16,17). The van der Waals surface area contributed by atoms with E-state index in [0.717, 1.165) is 13.1 Å². The van der Waals surface area contributed by atoms with Crippen molar-refractivity contribution in [3.05, 3.63) is 17.0 Å². The number of carbonyl (C=O) groups is 1. The maximum atomic E-state index is 11.8. The summed E-state index contributed by atoms with van der Waals surface area (Å²) in [5, 5.41) is 3.43. The molecular weight excluding hydrogens is 280 g/mol. The van der Waals surface area contributed by atoms with E-state index in [9.17, 15) is 4.79 Å². The van der Waals surface area contributed by atoms with Crippen LogP contribution in [-0.4, -0.2) is 47.5 Å². The molecule has 0 atom stereocenters. The molecule has 0 unspecified atom stereocenters. The lowest BCUT2D eigenvalue weighted by Gasteiger charge is -2.18. The molecular formula is C13H21ClN4O2. The minimum absolute atomic E-state index is 0.125. The van der Waals surface area contributed by atoms with Gasteiger partial charge in [-0.25, -0.2) is 9.97 Å². The Hall–Kier alpha value is -1.40. The van der Waals surface area contributed by atoms with E-state index in [0.29, 0.717) is 36.4 Å². The van der Waals surface area contributed by atoms with Gasteiger partial charge in [0.2, 0.25) is 5.91 Å². The number of hydrogen-bond acceptors (Lipinski definition) is 5. The zero-order valence-corrected chi connectivity index (χ0v) is 12.9. The summed E-state index contributed by atoms with van der Waals surface area (Å²) in [6.45, 7) is 6.20. The van der Waals surface area contributed by atoms with Gasteiger partial charge in [-0.3, -0.25) is 4.79 Å². The third kappa shape index (κ3) is 5.30. The average molecular weight is 301 g/mol. The Labute approximate surface area is 124 Å². The first-order valence-electron chi connectivity index (χ1n) is 6.64. The number of rotatable bonds is 8. The van der Waals surface area contributed by atoms with Crippen molar-refractivity contribution >= 4 is 23.3 Å². The van der Waals surface area contributed by atoms with E-state index < -0.39 is 0 Å². The van der Waals surface area contributed by atoms with Crippen molar-refractivity contribution in [1.29, 1.82) is 0 Å². The van der Waals surface area contributed by atoms with Crippen molar-refractivity contribution < 1.29 is 9.53 Å². The highest BCUT2D eigenvalue weighted by molar-refractivity contribution is 6.29. The molecule has 0 fully saturated rings. The highest BCUT2D eigenvalue weighted by Crippen LogP contribution is 2.12. The van der Waals surface area contributed by atoms with Gasteiger partial charge >= 0.3 is 0 Å². The lowest BCUT2D eigenvalue weighted by molar-refractivity contribution is -0.130. The molecule has 0 aliphatic carbocycles. The molecule has 0 saturated carbocycles. The van der Waals surface area contributed by atoms with Crippen molar-refractivity contribution in [2.24, 2.45) is 0 Å². The number of halogens is 1. The summed E-state index contributed by atoms with van der Waals surface area (Å²) < 4.78 is 4.97. The third-order valence-electron chi connectivity index (χ3n) is 2.78. The van der Waals surface area contributed by atoms with Crippen LogP contribution in [0.5, 0.6) is 0 Å². The van der Waals surface area contributed by atoms with Gasteiger partial charge in [0.15, 0.2) is 5.82 Å². The van der Waals surface area contributed by atoms with E-state index in [1.54, 1.807) is 18.1 Å². The lowest BCUT2D eigenvalue weighted by Crippen LogP contribution is -2.31. The molecule has 112 valence electrons. The zero-order valence-electron chi connectivity index (χ0n) is 12.1. The van der Waals surface area contributed by atoms with E-state index in [-0.39, 0.29) is 5.91 Å². The minimum Gasteiger partial charge on any atom is -0.377 e. The molecule has 1 aromatic rings. The number of amides is 1. The number of aromatic nitrogens is 2. The highest BCUT2D eigenvalue weighted by Gasteiger charge is 2.09. The van der Waals surface area contributed by atoms with Crippen molar-refractivity contribution in [3.63, 3.8) is 0 Å². The first-order chi connectivity index (χ1) is 9.60. The third-order valence-corrected chi connectivity index (χ3v) is 2.97. The van der Waals surface area contributed by atoms with Crippen molar-refractivity contribution in [2.75, 3.05) is 32.1 Å². The summed E-state index contributed by atoms with van der Waals surface area (Å²) in [6.07, 6.45) is 0.420. The highest BCUT2D eigenvalue weighted by atomic mass is 35.5. The smallest absolute Gasteiger partial charge is 0.224 e. The van der Waals surface area contributed by atoms with Crippen LogP contribution in [0.3, 0.4) is 0 Å². The van der Waals surface area contributed by atoms with E-state index in [2.05, 4.69) is 15.3 Å². The van der Waals surface area contributed by atoms with E-state index in [1.807, 2.05) is 13.8 Å². The quantitative estimate of drug-likeness (QED) is 0.743. The molecule has 7 heteroatoms. The monoisotopic (exact) mass is 300 g/mol. The molecule has 0 radical (unpaired) electrons. The second kappa shape index (κ2) is 8.71. The van der Waals surface area contributed by atoms with E-state index in [4.69, 9.17) is 16.3 Å². The van der Waals surface area contributed by atoms with Gasteiger partial charge in [0.25, 0.3) is 0 Å². The molecule has 1 aromatic heterocycles. The minimum atomic E-state index is 0.125.